The van der Waals surface area contributed by atoms with Gasteiger partial charge in [-0.3, -0.25) is 4.79 Å². The van der Waals surface area contributed by atoms with Crippen molar-refractivity contribution in [3.8, 4) is 5.75 Å². The van der Waals surface area contributed by atoms with Crippen molar-refractivity contribution in [1.29, 1.82) is 0 Å². The van der Waals surface area contributed by atoms with E-state index < -0.39 is 6.10 Å². The summed E-state index contributed by atoms with van der Waals surface area (Å²) in [5.41, 5.74) is 4.17. The number of amides is 1. The Labute approximate surface area is 126 Å². The van der Waals surface area contributed by atoms with E-state index >= 15 is 0 Å². The van der Waals surface area contributed by atoms with E-state index in [1.807, 2.05) is 63.2 Å². The van der Waals surface area contributed by atoms with Crippen molar-refractivity contribution in [3.63, 3.8) is 0 Å². The summed E-state index contributed by atoms with van der Waals surface area (Å²) in [6.07, 6.45) is -0.549. The normalized spacial score (nSPS) is 11.8. The van der Waals surface area contributed by atoms with Crippen LogP contribution >= 0.6 is 0 Å². The highest BCUT2D eigenvalue weighted by atomic mass is 16.5. The van der Waals surface area contributed by atoms with Gasteiger partial charge in [-0.2, -0.15) is 0 Å². The topological polar surface area (TPSA) is 38.3 Å². The lowest BCUT2D eigenvalue weighted by Crippen LogP contribution is -2.30. The molecule has 0 aliphatic heterocycles. The first-order chi connectivity index (χ1) is 9.97. The molecule has 0 spiro atoms. The van der Waals surface area contributed by atoms with Gasteiger partial charge in [0.05, 0.1) is 0 Å². The van der Waals surface area contributed by atoms with Crippen molar-refractivity contribution in [3.05, 3.63) is 59.2 Å². The van der Waals surface area contributed by atoms with E-state index in [0.717, 1.165) is 22.4 Å². The second-order valence-corrected chi connectivity index (χ2v) is 5.31. The molecule has 110 valence electrons. The molecule has 21 heavy (non-hydrogen) atoms. The van der Waals surface area contributed by atoms with Gasteiger partial charge in [0.15, 0.2) is 6.10 Å². The van der Waals surface area contributed by atoms with Gasteiger partial charge < -0.3 is 10.1 Å². The molecule has 3 nitrogen and oxygen atoms in total. The summed E-state index contributed by atoms with van der Waals surface area (Å²) in [6, 6.07) is 13.5. The standard InChI is InChI=1S/C18H21NO2/c1-12-7-5-9-16(11-12)21-15(4)18(20)19-17-10-6-8-13(2)14(17)3/h5-11,15H,1-4H3,(H,19,20)/t15-/m0/s1. The largest absolute Gasteiger partial charge is 0.481 e. The van der Waals surface area contributed by atoms with Gasteiger partial charge in [0.25, 0.3) is 5.91 Å². The van der Waals surface area contributed by atoms with Gasteiger partial charge in [0, 0.05) is 5.69 Å². The average Bonchev–Trinajstić information content (AvgIpc) is 2.44. The summed E-state index contributed by atoms with van der Waals surface area (Å²) in [5, 5.41) is 2.92. The zero-order chi connectivity index (χ0) is 15.4. The van der Waals surface area contributed by atoms with E-state index in [-0.39, 0.29) is 5.91 Å². The molecule has 1 amide bonds. The first-order valence-corrected chi connectivity index (χ1v) is 7.08. The number of anilines is 1. The van der Waals surface area contributed by atoms with Crippen molar-refractivity contribution in [2.24, 2.45) is 0 Å². The summed E-state index contributed by atoms with van der Waals surface area (Å²) in [5.74, 6) is 0.559. The molecular formula is C18H21NO2. The molecule has 0 bridgehead atoms. The van der Waals surface area contributed by atoms with E-state index in [9.17, 15) is 4.79 Å². The van der Waals surface area contributed by atoms with Gasteiger partial charge in [0.2, 0.25) is 0 Å². The Bertz CT molecular complexity index is 649. The highest BCUT2D eigenvalue weighted by Crippen LogP contribution is 2.19. The van der Waals surface area contributed by atoms with Crippen LogP contribution < -0.4 is 10.1 Å². The molecule has 3 heteroatoms. The van der Waals surface area contributed by atoms with Gasteiger partial charge in [-0.25, -0.2) is 0 Å². The highest BCUT2D eigenvalue weighted by Gasteiger charge is 2.16. The number of aryl methyl sites for hydroxylation is 2. The summed E-state index contributed by atoms with van der Waals surface area (Å²) < 4.78 is 5.69. The van der Waals surface area contributed by atoms with Crippen molar-refractivity contribution in [2.45, 2.75) is 33.8 Å². The minimum atomic E-state index is -0.549. The first-order valence-electron chi connectivity index (χ1n) is 7.08. The maximum absolute atomic E-state index is 12.2. The third-order valence-electron chi connectivity index (χ3n) is 3.53. The Hall–Kier alpha value is -2.29. The van der Waals surface area contributed by atoms with Crippen LogP contribution in [0.2, 0.25) is 0 Å². The van der Waals surface area contributed by atoms with Crippen LogP contribution in [0.1, 0.15) is 23.6 Å². The number of hydrogen-bond acceptors (Lipinski definition) is 2. The minimum absolute atomic E-state index is 0.148. The fraction of sp³-hybridized carbons (Fsp3) is 0.278. The lowest BCUT2D eigenvalue weighted by atomic mass is 10.1. The van der Waals surface area contributed by atoms with Gasteiger partial charge >= 0.3 is 0 Å². The number of nitrogens with one attached hydrogen (secondary N) is 1. The molecule has 0 aliphatic carbocycles. The van der Waals surface area contributed by atoms with Crippen LogP contribution in [0.4, 0.5) is 5.69 Å². The zero-order valence-corrected chi connectivity index (χ0v) is 12.9. The van der Waals surface area contributed by atoms with Crippen LogP contribution in [-0.4, -0.2) is 12.0 Å². The maximum atomic E-state index is 12.2. The number of hydrogen-bond donors (Lipinski definition) is 1. The van der Waals surface area contributed by atoms with E-state index in [1.165, 1.54) is 0 Å². The van der Waals surface area contributed by atoms with Crippen LogP contribution in [0.3, 0.4) is 0 Å². The maximum Gasteiger partial charge on any atom is 0.265 e. The SMILES string of the molecule is Cc1cccc(O[C@@H](C)C(=O)Nc2cccc(C)c2C)c1. The van der Waals surface area contributed by atoms with Crippen molar-refractivity contribution >= 4 is 11.6 Å². The molecule has 0 heterocycles. The van der Waals surface area contributed by atoms with Gasteiger partial charge in [-0.15, -0.1) is 0 Å². The Morgan fingerprint density at radius 2 is 1.81 bits per heavy atom. The van der Waals surface area contributed by atoms with E-state index in [1.54, 1.807) is 6.92 Å². The second kappa shape index (κ2) is 6.44. The van der Waals surface area contributed by atoms with E-state index in [2.05, 4.69) is 5.32 Å². The van der Waals surface area contributed by atoms with Gasteiger partial charge in [0.1, 0.15) is 5.75 Å². The van der Waals surface area contributed by atoms with Crippen LogP contribution in [0.25, 0.3) is 0 Å². The summed E-state index contributed by atoms with van der Waals surface area (Å²) >= 11 is 0. The van der Waals surface area contributed by atoms with E-state index in [0.29, 0.717) is 5.75 Å². The Kier molecular flexibility index (Phi) is 4.63. The van der Waals surface area contributed by atoms with Crippen LogP contribution in [-0.2, 0) is 4.79 Å². The fourth-order valence-corrected chi connectivity index (χ4v) is 2.07. The van der Waals surface area contributed by atoms with Gasteiger partial charge in [-0.1, -0.05) is 24.3 Å². The number of benzene rings is 2. The minimum Gasteiger partial charge on any atom is -0.481 e. The van der Waals surface area contributed by atoms with Crippen molar-refractivity contribution < 1.29 is 9.53 Å². The lowest BCUT2D eigenvalue weighted by molar-refractivity contribution is -0.122. The summed E-state index contributed by atoms with van der Waals surface area (Å²) in [4.78, 5) is 12.2. The summed E-state index contributed by atoms with van der Waals surface area (Å²) in [7, 11) is 0. The molecule has 0 saturated heterocycles. The molecule has 2 aromatic carbocycles. The molecule has 0 aromatic heterocycles. The third kappa shape index (κ3) is 3.85. The van der Waals surface area contributed by atoms with Crippen molar-refractivity contribution in [1.82, 2.24) is 0 Å². The van der Waals surface area contributed by atoms with Crippen LogP contribution in [0.5, 0.6) is 5.75 Å². The van der Waals surface area contributed by atoms with Gasteiger partial charge in [-0.05, 0) is 62.6 Å². The summed E-state index contributed by atoms with van der Waals surface area (Å²) in [6.45, 7) is 7.77. The molecule has 1 N–H and O–H groups in total. The molecule has 0 fully saturated rings. The van der Waals surface area contributed by atoms with Crippen LogP contribution in [0, 0.1) is 20.8 Å². The number of carbonyl (C=O) groups excluding carboxylic acids is 1. The van der Waals surface area contributed by atoms with Crippen molar-refractivity contribution in [2.75, 3.05) is 5.32 Å². The van der Waals surface area contributed by atoms with Crippen LogP contribution in [0.15, 0.2) is 42.5 Å². The molecule has 2 rings (SSSR count). The molecule has 2 aromatic rings. The fourth-order valence-electron chi connectivity index (χ4n) is 2.07. The molecule has 0 unspecified atom stereocenters. The molecule has 1 atom stereocenters. The second-order valence-electron chi connectivity index (χ2n) is 5.31. The molecule has 0 radical (unpaired) electrons. The average molecular weight is 283 g/mol. The number of carbonyl (C=O) groups is 1. The third-order valence-corrected chi connectivity index (χ3v) is 3.53. The molecule has 0 saturated carbocycles. The lowest BCUT2D eigenvalue weighted by Gasteiger charge is -2.16. The first kappa shape index (κ1) is 15.1. The predicted molar refractivity (Wildman–Crippen MR) is 85.8 cm³/mol. The molecular weight excluding hydrogens is 262 g/mol. The number of ether oxygens (including phenoxy) is 1. The van der Waals surface area contributed by atoms with E-state index in [4.69, 9.17) is 4.74 Å². The smallest absolute Gasteiger partial charge is 0.265 e. The Morgan fingerprint density at radius 3 is 2.52 bits per heavy atom. The zero-order valence-electron chi connectivity index (χ0n) is 12.9. The quantitative estimate of drug-likeness (QED) is 0.920. The monoisotopic (exact) mass is 283 g/mol. The predicted octanol–water partition coefficient (Wildman–Crippen LogP) is 4.02. The highest BCUT2D eigenvalue weighted by molar-refractivity contribution is 5.94. The number of rotatable bonds is 4. The molecule has 0 aliphatic rings. The Morgan fingerprint density at radius 1 is 1.10 bits per heavy atom. The Balaban J connectivity index is 2.04.